The van der Waals surface area contributed by atoms with Crippen LogP contribution in [0.5, 0.6) is 0 Å². The smallest absolute Gasteiger partial charge is 0.247 e. The molecular weight excluding hydrogens is 323 g/mol. The molecule has 0 heterocycles. The summed E-state index contributed by atoms with van der Waals surface area (Å²) in [7, 11) is 1.26. The number of hydrogen-bond acceptors (Lipinski definition) is 5. The molecule has 1 amide bonds. The van der Waals surface area contributed by atoms with Gasteiger partial charge in [0.15, 0.2) is 5.83 Å². The van der Waals surface area contributed by atoms with E-state index in [9.17, 15) is 9.18 Å². The van der Waals surface area contributed by atoms with Gasteiger partial charge in [-0.2, -0.15) is 0 Å². The van der Waals surface area contributed by atoms with Crippen molar-refractivity contribution in [1.82, 2.24) is 5.32 Å². The second kappa shape index (κ2) is 8.02. The van der Waals surface area contributed by atoms with Gasteiger partial charge in [-0.3, -0.25) is 4.79 Å². The Bertz CT molecular complexity index is 724. The molecule has 6 nitrogen and oxygen atoms in total. The van der Waals surface area contributed by atoms with Crippen LogP contribution in [0, 0.1) is 0 Å². The van der Waals surface area contributed by atoms with Gasteiger partial charge < -0.3 is 27.3 Å². The molecule has 0 atom stereocenters. The van der Waals surface area contributed by atoms with Gasteiger partial charge in [0.25, 0.3) is 0 Å². The normalized spacial score (nSPS) is 15.6. The number of benzene rings is 1. The Hall–Kier alpha value is -2.54. The van der Waals surface area contributed by atoms with Gasteiger partial charge in [0.2, 0.25) is 11.8 Å². The number of nitrogens with two attached hydrogens (primary N) is 3. The molecule has 1 aliphatic rings. The number of ether oxygens (including phenoxy) is 1. The van der Waals surface area contributed by atoms with Crippen molar-refractivity contribution in [2.75, 3.05) is 12.8 Å². The number of nitrogens with one attached hydrogen (secondary N) is 1. The molecule has 0 bridgehead atoms. The first-order valence-corrected chi connectivity index (χ1v) is 8.14. The molecule has 1 aromatic rings. The summed E-state index contributed by atoms with van der Waals surface area (Å²) < 4.78 is 18.3. The number of amides is 1. The standard InChI is InChI=1S/C18H25FN4O2/c1-10(7-15(19)17(22)25-2)18(24)23-9-14-12(11-3-4-11)5-6-16(21)13(14)8-20/h5-7,11H,3-4,8-9,20-22H2,1-2H3,(H,23,24)/b10-7+,17-15-. The summed E-state index contributed by atoms with van der Waals surface area (Å²) in [6, 6.07) is 3.86. The van der Waals surface area contributed by atoms with Crippen LogP contribution in [0.15, 0.2) is 35.5 Å². The number of carbonyl (C=O) groups excluding carboxylic acids is 1. The maximum atomic E-state index is 13.7. The highest BCUT2D eigenvalue weighted by Crippen LogP contribution is 2.43. The topological polar surface area (TPSA) is 116 Å². The summed E-state index contributed by atoms with van der Waals surface area (Å²) in [5.41, 5.74) is 20.9. The van der Waals surface area contributed by atoms with Gasteiger partial charge in [-0.25, -0.2) is 4.39 Å². The number of methoxy groups -OCH3 is 1. The maximum Gasteiger partial charge on any atom is 0.247 e. The van der Waals surface area contributed by atoms with Crippen molar-refractivity contribution in [3.05, 3.63) is 52.2 Å². The Morgan fingerprint density at radius 2 is 2.08 bits per heavy atom. The van der Waals surface area contributed by atoms with Crippen molar-refractivity contribution in [3.8, 4) is 0 Å². The largest absolute Gasteiger partial charge is 0.481 e. The summed E-state index contributed by atoms with van der Waals surface area (Å²) in [6.07, 6.45) is 3.29. The molecule has 2 rings (SSSR count). The SMILES string of the molecule is CO/C(N)=C(F)/C=C(\C)C(=O)NCc1c(C2CC2)ccc(N)c1CN. The van der Waals surface area contributed by atoms with Crippen LogP contribution < -0.4 is 22.5 Å². The fourth-order valence-corrected chi connectivity index (χ4v) is 2.69. The summed E-state index contributed by atoms with van der Waals surface area (Å²) in [5, 5.41) is 2.80. The second-order valence-corrected chi connectivity index (χ2v) is 6.11. The van der Waals surface area contributed by atoms with E-state index in [0.29, 0.717) is 24.7 Å². The van der Waals surface area contributed by atoms with Crippen molar-refractivity contribution in [1.29, 1.82) is 0 Å². The molecule has 0 radical (unpaired) electrons. The third-order valence-corrected chi connectivity index (χ3v) is 4.31. The van der Waals surface area contributed by atoms with E-state index in [-0.39, 0.29) is 11.5 Å². The van der Waals surface area contributed by atoms with E-state index in [2.05, 4.69) is 10.1 Å². The lowest BCUT2D eigenvalue weighted by molar-refractivity contribution is -0.117. The first-order chi connectivity index (χ1) is 11.9. The summed E-state index contributed by atoms with van der Waals surface area (Å²) in [5.74, 6) is -1.06. The van der Waals surface area contributed by atoms with Gasteiger partial charge in [0.1, 0.15) is 0 Å². The van der Waals surface area contributed by atoms with E-state index in [1.807, 2.05) is 12.1 Å². The zero-order chi connectivity index (χ0) is 18.6. The molecule has 0 saturated heterocycles. The van der Waals surface area contributed by atoms with Crippen molar-refractivity contribution in [3.63, 3.8) is 0 Å². The number of allylic oxidation sites excluding steroid dienone is 2. The van der Waals surface area contributed by atoms with E-state index in [1.165, 1.54) is 19.6 Å². The van der Waals surface area contributed by atoms with Gasteiger partial charge in [-0.05, 0) is 54.5 Å². The van der Waals surface area contributed by atoms with Crippen LogP contribution in [0.1, 0.15) is 42.4 Å². The van der Waals surface area contributed by atoms with Crippen molar-refractivity contribution in [2.24, 2.45) is 11.5 Å². The van der Waals surface area contributed by atoms with E-state index >= 15 is 0 Å². The van der Waals surface area contributed by atoms with Gasteiger partial charge in [-0.15, -0.1) is 0 Å². The highest BCUT2D eigenvalue weighted by atomic mass is 19.1. The summed E-state index contributed by atoms with van der Waals surface area (Å²) in [6.45, 7) is 2.09. The molecule has 1 saturated carbocycles. The van der Waals surface area contributed by atoms with Crippen LogP contribution in [0.25, 0.3) is 0 Å². The molecule has 136 valence electrons. The van der Waals surface area contributed by atoms with Gasteiger partial charge in [0.05, 0.1) is 7.11 Å². The lowest BCUT2D eigenvalue weighted by Crippen LogP contribution is -2.25. The molecular formula is C18H25FN4O2. The predicted octanol–water partition coefficient (Wildman–Crippen LogP) is 1.91. The van der Waals surface area contributed by atoms with E-state index in [1.54, 1.807) is 0 Å². The third-order valence-electron chi connectivity index (χ3n) is 4.31. The number of halogens is 1. The zero-order valence-corrected chi connectivity index (χ0v) is 14.6. The average molecular weight is 348 g/mol. The van der Waals surface area contributed by atoms with E-state index in [4.69, 9.17) is 17.2 Å². The van der Waals surface area contributed by atoms with Gasteiger partial charge >= 0.3 is 0 Å². The molecule has 1 aromatic carbocycles. The second-order valence-electron chi connectivity index (χ2n) is 6.11. The molecule has 0 spiro atoms. The van der Waals surface area contributed by atoms with Gasteiger partial charge in [-0.1, -0.05) is 6.07 Å². The number of nitrogen functional groups attached to an aromatic ring is 1. The molecule has 25 heavy (non-hydrogen) atoms. The molecule has 1 aliphatic carbocycles. The van der Waals surface area contributed by atoms with Crippen LogP contribution in [-0.4, -0.2) is 13.0 Å². The summed E-state index contributed by atoms with van der Waals surface area (Å²) >= 11 is 0. The average Bonchev–Trinajstić information content (AvgIpc) is 3.43. The molecule has 0 unspecified atom stereocenters. The summed E-state index contributed by atoms with van der Waals surface area (Å²) in [4.78, 5) is 12.2. The monoisotopic (exact) mass is 348 g/mol. The molecule has 0 aliphatic heterocycles. The van der Waals surface area contributed by atoms with Crippen LogP contribution in [-0.2, 0) is 22.6 Å². The van der Waals surface area contributed by atoms with Crippen LogP contribution in [0.3, 0.4) is 0 Å². The molecule has 7 N–H and O–H groups in total. The Morgan fingerprint density at radius 1 is 1.40 bits per heavy atom. The van der Waals surface area contributed by atoms with Crippen molar-refractivity contribution in [2.45, 2.75) is 38.8 Å². The third kappa shape index (κ3) is 4.51. The fraction of sp³-hybridized carbons (Fsp3) is 0.389. The minimum absolute atomic E-state index is 0.184. The first-order valence-electron chi connectivity index (χ1n) is 8.14. The lowest BCUT2D eigenvalue weighted by Gasteiger charge is -2.17. The molecule has 0 aromatic heterocycles. The minimum atomic E-state index is -0.791. The molecule has 7 heteroatoms. The predicted molar refractivity (Wildman–Crippen MR) is 95.7 cm³/mol. The first kappa shape index (κ1) is 18.8. The van der Waals surface area contributed by atoms with Crippen LogP contribution in [0.2, 0.25) is 0 Å². The Labute approximate surface area is 146 Å². The number of hydrogen-bond donors (Lipinski definition) is 4. The van der Waals surface area contributed by atoms with E-state index < -0.39 is 11.7 Å². The highest BCUT2D eigenvalue weighted by Gasteiger charge is 2.27. The lowest BCUT2D eigenvalue weighted by atomic mass is 9.96. The van der Waals surface area contributed by atoms with Crippen molar-refractivity contribution < 1.29 is 13.9 Å². The fourth-order valence-electron chi connectivity index (χ4n) is 2.69. The maximum absolute atomic E-state index is 13.7. The van der Waals surface area contributed by atoms with Crippen molar-refractivity contribution >= 4 is 11.6 Å². The minimum Gasteiger partial charge on any atom is -0.481 e. The molecule has 1 fully saturated rings. The Morgan fingerprint density at radius 3 is 2.64 bits per heavy atom. The van der Waals surface area contributed by atoms with E-state index in [0.717, 1.165) is 30.0 Å². The Balaban J connectivity index is 2.17. The van der Waals surface area contributed by atoms with Crippen LogP contribution in [0.4, 0.5) is 10.1 Å². The highest BCUT2D eigenvalue weighted by molar-refractivity contribution is 5.93. The Kier molecular flexibility index (Phi) is 6.03. The zero-order valence-electron chi connectivity index (χ0n) is 14.6. The van der Waals surface area contributed by atoms with Crippen LogP contribution >= 0.6 is 0 Å². The quantitative estimate of drug-likeness (QED) is 0.260. The number of rotatable bonds is 7. The number of anilines is 1. The van der Waals surface area contributed by atoms with Gasteiger partial charge in [0, 0.05) is 24.4 Å². The number of carbonyl (C=O) groups is 1.